The van der Waals surface area contributed by atoms with Crippen molar-refractivity contribution in [3.05, 3.63) is 60.4 Å². The number of hydrogen-bond acceptors (Lipinski definition) is 5. The van der Waals surface area contributed by atoms with Gasteiger partial charge in [0.25, 0.3) is 5.56 Å². The Morgan fingerprint density at radius 1 is 1.34 bits per heavy atom. The maximum Gasteiger partial charge on any atom is 0.259 e. The monoisotopic (exact) mass is 469 g/mol. The van der Waals surface area contributed by atoms with Crippen molar-refractivity contribution in [2.24, 2.45) is 0 Å². The molecule has 0 radical (unpaired) electrons. The third-order valence-corrected chi connectivity index (χ3v) is 7.77. The van der Waals surface area contributed by atoms with Crippen LogP contribution in [0.3, 0.4) is 0 Å². The van der Waals surface area contributed by atoms with Crippen LogP contribution in [0.15, 0.2) is 23.0 Å². The van der Waals surface area contributed by atoms with Gasteiger partial charge in [-0.25, -0.2) is 4.98 Å². The van der Waals surface area contributed by atoms with Gasteiger partial charge in [-0.3, -0.25) is 9.59 Å². The van der Waals surface area contributed by atoms with Crippen molar-refractivity contribution in [2.45, 2.75) is 38.2 Å². The number of carbonyl (C=O) groups is 1. The lowest BCUT2D eigenvalue weighted by atomic mass is 10.1. The summed E-state index contributed by atoms with van der Waals surface area (Å²) in [5, 5.41) is 4.32. The number of halogens is 2. The molecule has 0 aliphatic rings. The third-order valence-electron chi connectivity index (χ3n) is 4.65. The summed E-state index contributed by atoms with van der Waals surface area (Å²) in [5.41, 5.74) is 1.75. The van der Waals surface area contributed by atoms with E-state index in [2.05, 4.69) is 15.3 Å². The van der Waals surface area contributed by atoms with Crippen LogP contribution in [0, 0.1) is 13.8 Å². The topological polar surface area (TPSA) is 74.8 Å². The molecule has 0 aliphatic heterocycles. The Morgan fingerprint density at radius 3 is 2.86 bits per heavy atom. The molecule has 1 unspecified atom stereocenters. The molecule has 2 heterocycles. The van der Waals surface area contributed by atoms with E-state index in [0.717, 1.165) is 20.8 Å². The molecule has 3 rings (SSSR count). The third kappa shape index (κ3) is 5.15. The minimum atomic E-state index is -0.280. The minimum Gasteiger partial charge on any atom is -0.355 e. The zero-order valence-corrected chi connectivity index (χ0v) is 19.4. The first-order valence-electron chi connectivity index (χ1n) is 9.09. The van der Waals surface area contributed by atoms with Gasteiger partial charge in [0.15, 0.2) is 0 Å². The number of thioether (sulfide) groups is 1. The summed E-state index contributed by atoms with van der Waals surface area (Å²) < 4.78 is 0. The number of nitrogens with zero attached hydrogens (tertiary/aromatic N) is 1. The SMILES string of the molecule is Cc1sc2nc(CSC(C)C(=O)NCCc3cccc(Cl)c3Cl)[nH]c(=O)c2c1C. The molecule has 0 fully saturated rings. The number of aromatic nitrogens is 2. The second kappa shape index (κ2) is 9.51. The van der Waals surface area contributed by atoms with Crippen LogP contribution in [0.25, 0.3) is 10.2 Å². The Morgan fingerprint density at radius 2 is 2.10 bits per heavy atom. The van der Waals surface area contributed by atoms with Crippen LogP contribution in [0.1, 0.15) is 28.8 Å². The van der Waals surface area contributed by atoms with Crippen LogP contribution >= 0.6 is 46.3 Å². The first-order chi connectivity index (χ1) is 13.8. The van der Waals surface area contributed by atoms with Crippen LogP contribution < -0.4 is 10.9 Å². The van der Waals surface area contributed by atoms with E-state index >= 15 is 0 Å². The second-order valence-corrected chi connectivity index (χ2v) is 10.0. The van der Waals surface area contributed by atoms with Gasteiger partial charge in [-0.2, -0.15) is 0 Å². The van der Waals surface area contributed by atoms with Crippen molar-refractivity contribution in [2.75, 3.05) is 6.54 Å². The Bertz CT molecular complexity index is 1110. The summed E-state index contributed by atoms with van der Waals surface area (Å²) in [6.07, 6.45) is 0.602. The minimum absolute atomic E-state index is 0.0700. The van der Waals surface area contributed by atoms with Crippen molar-refractivity contribution in [1.82, 2.24) is 15.3 Å². The molecule has 0 aliphatic carbocycles. The number of H-pyrrole nitrogens is 1. The molecule has 1 atom stereocenters. The van der Waals surface area contributed by atoms with Crippen molar-refractivity contribution in [1.29, 1.82) is 0 Å². The molecule has 2 aromatic heterocycles. The lowest BCUT2D eigenvalue weighted by molar-refractivity contribution is -0.120. The Kier molecular flexibility index (Phi) is 7.27. The first-order valence-corrected chi connectivity index (χ1v) is 11.7. The average molecular weight is 470 g/mol. The first kappa shape index (κ1) is 22.2. The number of thiophene rings is 1. The highest BCUT2D eigenvalue weighted by atomic mass is 35.5. The molecule has 9 heteroatoms. The standard InChI is InChI=1S/C20H21Cl2N3O2S2/c1-10-11(2)29-20-16(10)19(27)24-15(25-20)9-28-12(3)18(26)23-8-7-13-5-4-6-14(21)17(13)22/h4-6,12H,7-9H2,1-3H3,(H,23,26)(H,24,25,27). The molecular formula is C20H21Cl2N3O2S2. The van der Waals surface area contributed by atoms with E-state index in [9.17, 15) is 9.59 Å². The number of nitrogens with one attached hydrogen (secondary N) is 2. The van der Waals surface area contributed by atoms with Crippen LogP contribution in [0.4, 0.5) is 0 Å². The maximum atomic E-state index is 12.4. The van der Waals surface area contributed by atoms with Crippen LogP contribution in [-0.4, -0.2) is 27.7 Å². The summed E-state index contributed by atoms with van der Waals surface area (Å²) in [4.78, 5) is 33.9. The highest BCUT2D eigenvalue weighted by Gasteiger charge is 2.16. The largest absolute Gasteiger partial charge is 0.355 e. The molecule has 154 valence electrons. The van der Waals surface area contributed by atoms with Crippen molar-refractivity contribution >= 4 is 62.4 Å². The molecule has 3 aromatic rings. The van der Waals surface area contributed by atoms with Crippen molar-refractivity contribution in [3.63, 3.8) is 0 Å². The molecule has 0 saturated carbocycles. The second-order valence-electron chi connectivity index (χ2n) is 6.68. The van der Waals surface area contributed by atoms with E-state index in [1.807, 2.05) is 32.9 Å². The number of benzene rings is 1. The Hall–Kier alpha value is -1.54. The zero-order chi connectivity index (χ0) is 21.1. The van der Waals surface area contributed by atoms with E-state index in [0.29, 0.717) is 40.0 Å². The van der Waals surface area contributed by atoms with Gasteiger partial charge in [-0.1, -0.05) is 35.3 Å². The molecule has 1 amide bonds. The van der Waals surface area contributed by atoms with Crippen molar-refractivity contribution in [3.8, 4) is 0 Å². The average Bonchev–Trinajstić information content (AvgIpc) is 2.97. The molecule has 29 heavy (non-hydrogen) atoms. The quantitative estimate of drug-likeness (QED) is 0.516. The summed E-state index contributed by atoms with van der Waals surface area (Å²) in [6.45, 7) is 6.22. The molecule has 2 N–H and O–H groups in total. The number of amides is 1. The summed E-state index contributed by atoms with van der Waals surface area (Å²) in [6, 6.07) is 5.47. The number of aryl methyl sites for hydroxylation is 2. The lowest BCUT2D eigenvalue weighted by Crippen LogP contribution is -2.32. The van der Waals surface area contributed by atoms with Crippen LogP contribution in [0.2, 0.25) is 10.0 Å². The lowest BCUT2D eigenvalue weighted by Gasteiger charge is -2.12. The summed E-state index contributed by atoms with van der Waals surface area (Å²) >= 11 is 15.1. The molecule has 1 aromatic carbocycles. The van der Waals surface area contributed by atoms with E-state index in [-0.39, 0.29) is 16.7 Å². The normalized spacial score (nSPS) is 12.3. The molecular weight excluding hydrogens is 449 g/mol. The fourth-order valence-corrected chi connectivity index (χ4v) is 5.10. The number of fused-ring (bicyclic) bond motifs is 1. The van der Waals surface area contributed by atoms with Gasteiger partial charge < -0.3 is 10.3 Å². The van der Waals surface area contributed by atoms with Gasteiger partial charge in [0.2, 0.25) is 5.91 Å². The number of hydrogen-bond donors (Lipinski definition) is 2. The van der Waals surface area contributed by atoms with Gasteiger partial charge in [-0.15, -0.1) is 23.1 Å². The van der Waals surface area contributed by atoms with E-state index < -0.39 is 0 Å². The highest BCUT2D eigenvalue weighted by Crippen LogP contribution is 2.27. The van der Waals surface area contributed by atoms with Crippen molar-refractivity contribution < 1.29 is 4.79 Å². The molecule has 0 bridgehead atoms. The van der Waals surface area contributed by atoms with Gasteiger partial charge in [0, 0.05) is 11.4 Å². The predicted molar refractivity (Wildman–Crippen MR) is 124 cm³/mol. The maximum absolute atomic E-state index is 12.4. The number of rotatable bonds is 7. The highest BCUT2D eigenvalue weighted by molar-refractivity contribution is 7.99. The van der Waals surface area contributed by atoms with E-state index in [4.69, 9.17) is 23.2 Å². The predicted octanol–water partition coefficient (Wildman–Crippen LogP) is 4.89. The molecule has 0 saturated heterocycles. The number of carbonyl (C=O) groups excluding carboxylic acids is 1. The van der Waals surface area contributed by atoms with Gasteiger partial charge >= 0.3 is 0 Å². The van der Waals surface area contributed by atoms with Gasteiger partial charge in [0.05, 0.1) is 26.4 Å². The van der Waals surface area contributed by atoms with E-state index in [1.165, 1.54) is 23.1 Å². The Labute approximate surface area is 187 Å². The van der Waals surface area contributed by atoms with E-state index in [1.54, 1.807) is 6.07 Å². The Balaban J connectivity index is 1.54. The number of aromatic amines is 1. The molecule has 0 spiro atoms. The van der Waals surface area contributed by atoms with Crippen LogP contribution in [0.5, 0.6) is 0 Å². The fourth-order valence-electron chi connectivity index (χ4n) is 2.85. The van der Waals surface area contributed by atoms with Gasteiger partial charge in [0.1, 0.15) is 10.7 Å². The van der Waals surface area contributed by atoms with Gasteiger partial charge in [-0.05, 0) is 44.4 Å². The molecule has 5 nitrogen and oxygen atoms in total. The smallest absolute Gasteiger partial charge is 0.259 e. The van der Waals surface area contributed by atoms with Crippen LogP contribution in [-0.2, 0) is 17.0 Å². The summed E-state index contributed by atoms with van der Waals surface area (Å²) in [7, 11) is 0. The zero-order valence-electron chi connectivity index (χ0n) is 16.3. The summed E-state index contributed by atoms with van der Waals surface area (Å²) in [5.74, 6) is 0.967. The fraction of sp³-hybridized carbons (Fsp3) is 0.350.